The van der Waals surface area contributed by atoms with Crippen molar-refractivity contribution in [2.75, 3.05) is 13.6 Å². The molecule has 1 nitrogen and oxygen atoms in total. The van der Waals surface area contributed by atoms with Crippen molar-refractivity contribution >= 4 is 11.9 Å². The van der Waals surface area contributed by atoms with E-state index < -0.39 is 0 Å². The lowest BCUT2D eigenvalue weighted by Gasteiger charge is -2.00. The van der Waals surface area contributed by atoms with Gasteiger partial charge in [-0.25, -0.2) is 4.31 Å². The van der Waals surface area contributed by atoms with E-state index in [9.17, 15) is 0 Å². The summed E-state index contributed by atoms with van der Waals surface area (Å²) in [6, 6.07) is 0. The van der Waals surface area contributed by atoms with Crippen LogP contribution in [0.25, 0.3) is 0 Å². The van der Waals surface area contributed by atoms with Crippen LogP contribution in [0.5, 0.6) is 0 Å². The van der Waals surface area contributed by atoms with Crippen molar-refractivity contribution in [1.29, 1.82) is 0 Å². The van der Waals surface area contributed by atoms with Crippen molar-refractivity contribution in [3.63, 3.8) is 0 Å². The van der Waals surface area contributed by atoms with E-state index >= 15 is 0 Å². The maximum atomic E-state index is 2.31. The largest absolute Gasteiger partial charge is 0.249 e. The van der Waals surface area contributed by atoms with E-state index in [2.05, 4.69) is 24.4 Å². The molecule has 1 fully saturated rings. The first-order valence-corrected chi connectivity index (χ1v) is 4.18. The average molecular weight is 143 g/mol. The molecule has 0 spiro atoms. The second-order valence-electron chi connectivity index (χ2n) is 2.27. The predicted octanol–water partition coefficient (Wildman–Crippen LogP) is 2.26. The Kier molecular flexibility index (Phi) is 2.61. The summed E-state index contributed by atoms with van der Waals surface area (Å²) in [5.74, 6) is 0. The van der Waals surface area contributed by atoms with Crippen LogP contribution in [0.3, 0.4) is 0 Å². The van der Waals surface area contributed by atoms with Gasteiger partial charge < -0.3 is 0 Å². The Morgan fingerprint density at radius 1 is 1.78 bits per heavy atom. The van der Waals surface area contributed by atoms with E-state index in [0.717, 1.165) is 0 Å². The number of allylic oxidation sites excluding steroid dienone is 1. The Morgan fingerprint density at radius 2 is 2.56 bits per heavy atom. The van der Waals surface area contributed by atoms with Crippen LogP contribution in [-0.2, 0) is 0 Å². The molecule has 0 bridgehead atoms. The molecule has 52 valence electrons. The monoisotopic (exact) mass is 143 g/mol. The normalized spacial score (nSPS) is 25.8. The molecule has 0 aromatic carbocycles. The van der Waals surface area contributed by atoms with Crippen LogP contribution in [-0.4, -0.2) is 17.9 Å². The Labute approximate surface area is 61.3 Å². The van der Waals surface area contributed by atoms with Crippen molar-refractivity contribution in [3.8, 4) is 0 Å². The summed E-state index contributed by atoms with van der Waals surface area (Å²) in [7, 11) is 2.14. The first kappa shape index (κ1) is 7.16. The molecule has 1 rings (SSSR count). The molecule has 9 heavy (non-hydrogen) atoms. The second-order valence-corrected chi connectivity index (χ2v) is 3.60. The van der Waals surface area contributed by atoms with Gasteiger partial charge in [0, 0.05) is 6.54 Å². The minimum Gasteiger partial charge on any atom is -0.249 e. The van der Waals surface area contributed by atoms with E-state index in [0.29, 0.717) is 0 Å². The van der Waals surface area contributed by atoms with Crippen LogP contribution in [0.2, 0.25) is 0 Å². The van der Waals surface area contributed by atoms with Gasteiger partial charge in [-0.2, -0.15) is 0 Å². The smallest absolute Gasteiger partial charge is 0.0135 e. The molecular formula is C7H13NS. The van der Waals surface area contributed by atoms with Crippen molar-refractivity contribution < 1.29 is 0 Å². The first-order chi connectivity index (χ1) is 4.33. The lowest BCUT2D eigenvalue weighted by molar-refractivity contribution is 0.600. The molecular weight excluding hydrogens is 130 g/mol. The van der Waals surface area contributed by atoms with Crippen LogP contribution in [0.4, 0.5) is 0 Å². The van der Waals surface area contributed by atoms with E-state index in [1.807, 2.05) is 11.9 Å². The summed E-state index contributed by atoms with van der Waals surface area (Å²) >= 11 is 1.88. The quantitative estimate of drug-likeness (QED) is 0.518. The van der Waals surface area contributed by atoms with Gasteiger partial charge in [0.25, 0.3) is 0 Å². The van der Waals surface area contributed by atoms with Crippen LogP contribution < -0.4 is 0 Å². The highest BCUT2D eigenvalue weighted by atomic mass is 32.2. The number of hydrogen-bond donors (Lipinski definition) is 0. The topological polar surface area (TPSA) is 3.24 Å². The Bertz CT molecular complexity index is 120. The molecule has 1 saturated heterocycles. The second kappa shape index (κ2) is 3.28. The lowest BCUT2D eigenvalue weighted by Crippen LogP contribution is -2.00. The molecule has 0 amide bonds. The standard InChI is InChI=1S/C7H13NS/c1-3-4-7-5-6-8(2)9-7/h4H,3,5-6H2,1-2H3. The third kappa shape index (κ3) is 2.03. The molecule has 0 aliphatic carbocycles. The highest BCUT2D eigenvalue weighted by molar-refractivity contribution is 8.01. The summed E-state index contributed by atoms with van der Waals surface area (Å²) in [6.45, 7) is 3.41. The third-order valence-corrected chi connectivity index (χ3v) is 2.48. The maximum absolute atomic E-state index is 2.31. The van der Waals surface area contributed by atoms with Crippen LogP contribution in [0, 0.1) is 0 Å². The minimum atomic E-state index is 1.18. The molecule has 0 N–H and O–H groups in total. The molecule has 1 heterocycles. The minimum absolute atomic E-state index is 1.18. The van der Waals surface area contributed by atoms with Gasteiger partial charge in [0.1, 0.15) is 0 Å². The SMILES string of the molecule is CCC=C1CCN(C)S1. The zero-order valence-corrected chi connectivity index (χ0v) is 6.87. The fourth-order valence-electron chi connectivity index (χ4n) is 0.926. The summed E-state index contributed by atoms with van der Waals surface area (Å²) in [5, 5.41) is 0. The lowest BCUT2D eigenvalue weighted by atomic mass is 10.3. The van der Waals surface area contributed by atoms with Gasteiger partial charge in [0.05, 0.1) is 0 Å². The van der Waals surface area contributed by atoms with Gasteiger partial charge in [0.15, 0.2) is 0 Å². The van der Waals surface area contributed by atoms with Crippen molar-refractivity contribution in [2.24, 2.45) is 0 Å². The fourth-order valence-corrected chi connectivity index (χ4v) is 1.93. The summed E-state index contributed by atoms with van der Waals surface area (Å²) in [6.07, 6.45) is 4.75. The summed E-state index contributed by atoms with van der Waals surface area (Å²) < 4.78 is 2.28. The third-order valence-electron chi connectivity index (χ3n) is 1.38. The van der Waals surface area contributed by atoms with Crippen LogP contribution in [0.15, 0.2) is 11.0 Å². The molecule has 0 aromatic heterocycles. The van der Waals surface area contributed by atoms with Gasteiger partial charge in [-0.1, -0.05) is 13.0 Å². The summed E-state index contributed by atoms with van der Waals surface area (Å²) in [4.78, 5) is 1.54. The van der Waals surface area contributed by atoms with Crippen molar-refractivity contribution in [2.45, 2.75) is 19.8 Å². The zero-order valence-electron chi connectivity index (χ0n) is 6.05. The predicted molar refractivity (Wildman–Crippen MR) is 43.2 cm³/mol. The molecule has 1 aliphatic rings. The molecule has 0 saturated carbocycles. The van der Waals surface area contributed by atoms with Crippen LogP contribution in [0.1, 0.15) is 19.8 Å². The van der Waals surface area contributed by atoms with E-state index in [4.69, 9.17) is 0 Å². The van der Waals surface area contributed by atoms with Crippen molar-refractivity contribution in [3.05, 3.63) is 11.0 Å². The Morgan fingerprint density at radius 3 is 3.00 bits per heavy atom. The number of hydrogen-bond acceptors (Lipinski definition) is 2. The van der Waals surface area contributed by atoms with E-state index in [-0.39, 0.29) is 0 Å². The van der Waals surface area contributed by atoms with Crippen molar-refractivity contribution in [1.82, 2.24) is 4.31 Å². The van der Waals surface area contributed by atoms with Crippen LogP contribution >= 0.6 is 11.9 Å². The Balaban J connectivity index is 2.38. The zero-order chi connectivity index (χ0) is 6.69. The highest BCUT2D eigenvalue weighted by Crippen LogP contribution is 2.30. The molecule has 0 aromatic rings. The first-order valence-electron chi connectivity index (χ1n) is 3.41. The fraction of sp³-hybridized carbons (Fsp3) is 0.714. The van der Waals surface area contributed by atoms with Gasteiger partial charge in [-0.15, -0.1) is 0 Å². The molecule has 2 heteroatoms. The number of nitrogens with zero attached hydrogens (tertiary/aromatic N) is 1. The molecule has 0 radical (unpaired) electrons. The van der Waals surface area contributed by atoms with Gasteiger partial charge in [-0.05, 0) is 36.7 Å². The van der Waals surface area contributed by atoms with Gasteiger partial charge in [0.2, 0.25) is 0 Å². The summed E-state index contributed by atoms with van der Waals surface area (Å²) in [5.41, 5.74) is 0. The average Bonchev–Trinajstić information content (AvgIpc) is 2.17. The maximum Gasteiger partial charge on any atom is 0.0135 e. The van der Waals surface area contributed by atoms with E-state index in [1.165, 1.54) is 19.4 Å². The van der Waals surface area contributed by atoms with Gasteiger partial charge in [-0.3, -0.25) is 0 Å². The number of rotatable bonds is 1. The van der Waals surface area contributed by atoms with Gasteiger partial charge >= 0.3 is 0 Å². The highest BCUT2D eigenvalue weighted by Gasteiger charge is 2.11. The van der Waals surface area contributed by atoms with E-state index in [1.54, 1.807) is 4.91 Å². The Hall–Kier alpha value is 0.0500. The molecule has 1 aliphatic heterocycles. The molecule has 0 atom stereocenters. The molecule has 0 unspecified atom stereocenters.